The lowest BCUT2D eigenvalue weighted by Gasteiger charge is -2.23. The summed E-state index contributed by atoms with van der Waals surface area (Å²) in [5.41, 5.74) is 3.99. The van der Waals surface area contributed by atoms with E-state index in [0.29, 0.717) is 5.76 Å². The molecule has 0 radical (unpaired) electrons. The molecule has 0 bridgehead atoms. The van der Waals surface area contributed by atoms with Crippen LogP contribution in [-0.2, 0) is 0 Å². The van der Waals surface area contributed by atoms with Gasteiger partial charge in [0.1, 0.15) is 5.58 Å². The van der Waals surface area contributed by atoms with Crippen LogP contribution in [0.25, 0.3) is 11.0 Å². The molecule has 4 nitrogen and oxygen atoms in total. The topological polar surface area (TPSA) is 54.3 Å². The average molecular weight is 286 g/mol. The van der Waals surface area contributed by atoms with E-state index in [4.69, 9.17) is 4.42 Å². The number of nitrogens with one attached hydrogen (secondary N) is 2. The van der Waals surface area contributed by atoms with E-state index in [2.05, 4.69) is 23.6 Å². The van der Waals surface area contributed by atoms with Crippen LogP contribution in [0.3, 0.4) is 0 Å². The maximum Gasteiger partial charge on any atom is 0.287 e. The first kappa shape index (κ1) is 14.1. The Labute approximate surface area is 124 Å². The van der Waals surface area contributed by atoms with Gasteiger partial charge in [0, 0.05) is 23.5 Å². The van der Waals surface area contributed by atoms with Gasteiger partial charge in [-0.2, -0.15) is 0 Å². The van der Waals surface area contributed by atoms with Crippen LogP contribution in [-0.4, -0.2) is 25.0 Å². The quantitative estimate of drug-likeness (QED) is 0.892. The Balaban J connectivity index is 1.93. The van der Waals surface area contributed by atoms with Gasteiger partial charge in [-0.3, -0.25) is 4.79 Å². The number of benzene rings is 1. The second-order valence-corrected chi connectivity index (χ2v) is 5.98. The minimum atomic E-state index is -0.101. The highest BCUT2D eigenvalue weighted by atomic mass is 16.3. The largest absolute Gasteiger partial charge is 0.450 e. The minimum Gasteiger partial charge on any atom is -0.450 e. The summed E-state index contributed by atoms with van der Waals surface area (Å²) in [6, 6.07) is 4.31. The summed E-state index contributed by atoms with van der Waals surface area (Å²) in [6.07, 6.45) is 2.12. The Hall–Kier alpha value is -1.81. The zero-order valence-corrected chi connectivity index (χ0v) is 12.9. The predicted octanol–water partition coefficient (Wildman–Crippen LogP) is 2.84. The first-order valence-corrected chi connectivity index (χ1v) is 7.59. The third-order valence-corrected chi connectivity index (χ3v) is 4.32. The van der Waals surface area contributed by atoms with Gasteiger partial charge in [0.05, 0.1) is 0 Å². The second kappa shape index (κ2) is 5.53. The van der Waals surface area contributed by atoms with Crippen LogP contribution in [0.15, 0.2) is 16.5 Å². The SMILES string of the molecule is Cc1ccc(C)c2c(C)c(C(=O)NC3CCCNC3)oc12. The number of carbonyl (C=O) groups excluding carboxylic acids is 1. The lowest BCUT2D eigenvalue weighted by atomic mass is 10.0. The van der Waals surface area contributed by atoms with Gasteiger partial charge in [-0.15, -0.1) is 0 Å². The number of rotatable bonds is 2. The van der Waals surface area contributed by atoms with Crippen LogP contribution >= 0.6 is 0 Å². The number of amides is 1. The zero-order valence-electron chi connectivity index (χ0n) is 12.9. The second-order valence-electron chi connectivity index (χ2n) is 5.98. The summed E-state index contributed by atoms with van der Waals surface area (Å²) < 4.78 is 5.88. The molecule has 0 spiro atoms. The van der Waals surface area contributed by atoms with Crippen molar-refractivity contribution in [3.63, 3.8) is 0 Å². The molecule has 3 rings (SSSR count). The van der Waals surface area contributed by atoms with Crippen molar-refractivity contribution in [1.29, 1.82) is 0 Å². The lowest BCUT2D eigenvalue weighted by molar-refractivity contribution is 0.0904. The first-order chi connectivity index (χ1) is 10.1. The van der Waals surface area contributed by atoms with Crippen molar-refractivity contribution < 1.29 is 9.21 Å². The molecule has 1 unspecified atom stereocenters. The molecule has 1 aliphatic heterocycles. The van der Waals surface area contributed by atoms with Crippen molar-refractivity contribution in [2.24, 2.45) is 0 Å². The van der Waals surface area contributed by atoms with E-state index in [1.165, 1.54) is 0 Å². The standard InChI is InChI=1S/C17H22N2O2/c1-10-6-7-11(2)15-14(10)12(3)16(21-15)17(20)19-13-5-4-8-18-9-13/h6-7,13,18H,4-5,8-9H2,1-3H3,(H,19,20). The van der Waals surface area contributed by atoms with Crippen molar-refractivity contribution in [2.75, 3.05) is 13.1 Å². The van der Waals surface area contributed by atoms with Gasteiger partial charge in [0.15, 0.2) is 5.76 Å². The maximum absolute atomic E-state index is 12.5. The summed E-state index contributed by atoms with van der Waals surface area (Å²) >= 11 is 0. The van der Waals surface area contributed by atoms with Crippen LogP contribution in [0.1, 0.15) is 40.1 Å². The van der Waals surface area contributed by atoms with Gasteiger partial charge in [-0.1, -0.05) is 12.1 Å². The summed E-state index contributed by atoms with van der Waals surface area (Å²) in [7, 11) is 0. The highest BCUT2D eigenvalue weighted by molar-refractivity contribution is 6.00. The highest BCUT2D eigenvalue weighted by Crippen LogP contribution is 2.30. The molecule has 4 heteroatoms. The molecule has 1 aromatic heterocycles. The number of piperidine rings is 1. The smallest absolute Gasteiger partial charge is 0.287 e. The van der Waals surface area contributed by atoms with E-state index >= 15 is 0 Å². The average Bonchev–Trinajstić information content (AvgIpc) is 2.83. The molecule has 1 amide bonds. The zero-order chi connectivity index (χ0) is 15.0. The van der Waals surface area contributed by atoms with Gasteiger partial charge >= 0.3 is 0 Å². The van der Waals surface area contributed by atoms with E-state index in [1.807, 2.05) is 19.9 Å². The van der Waals surface area contributed by atoms with Gasteiger partial charge in [-0.25, -0.2) is 0 Å². The van der Waals surface area contributed by atoms with Crippen LogP contribution in [0.5, 0.6) is 0 Å². The molecule has 1 fully saturated rings. The van der Waals surface area contributed by atoms with Crippen molar-refractivity contribution in [1.82, 2.24) is 10.6 Å². The lowest BCUT2D eigenvalue weighted by Crippen LogP contribution is -2.45. The van der Waals surface area contributed by atoms with Gasteiger partial charge in [0.25, 0.3) is 5.91 Å². The molecule has 2 aromatic rings. The third-order valence-electron chi connectivity index (χ3n) is 4.32. The summed E-state index contributed by atoms with van der Waals surface area (Å²) in [6.45, 7) is 7.90. The maximum atomic E-state index is 12.5. The van der Waals surface area contributed by atoms with Crippen LogP contribution in [0.4, 0.5) is 0 Å². The monoisotopic (exact) mass is 286 g/mol. The molecule has 112 valence electrons. The Bertz CT molecular complexity index is 682. The molecule has 0 saturated carbocycles. The van der Waals surface area contributed by atoms with Crippen LogP contribution in [0, 0.1) is 20.8 Å². The van der Waals surface area contributed by atoms with E-state index in [1.54, 1.807) is 0 Å². The number of aryl methyl sites for hydroxylation is 3. The molecular weight excluding hydrogens is 264 g/mol. The number of furan rings is 1. The van der Waals surface area contributed by atoms with Gasteiger partial charge in [-0.05, 0) is 51.3 Å². The van der Waals surface area contributed by atoms with Crippen molar-refractivity contribution in [3.8, 4) is 0 Å². The van der Waals surface area contributed by atoms with Gasteiger partial charge < -0.3 is 15.1 Å². The molecule has 1 saturated heterocycles. The summed E-state index contributed by atoms with van der Waals surface area (Å²) in [5.74, 6) is 0.351. The van der Waals surface area contributed by atoms with E-state index in [9.17, 15) is 4.79 Å². The molecule has 1 atom stereocenters. The number of fused-ring (bicyclic) bond motifs is 1. The summed E-state index contributed by atoms with van der Waals surface area (Å²) in [5, 5.41) is 7.46. The fraction of sp³-hybridized carbons (Fsp3) is 0.471. The molecule has 21 heavy (non-hydrogen) atoms. The molecule has 1 aromatic carbocycles. The van der Waals surface area contributed by atoms with Gasteiger partial charge in [0.2, 0.25) is 0 Å². The first-order valence-electron chi connectivity index (χ1n) is 7.59. The molecular formula is C17H22N2O2. The highest BCUT2D eigenvalue weighted by Gasteiger charge is 2.23. The molecule has 1 aliphatic rings. The van der Waals surface area contributed by atoms with E-state index in [0.717, 1.165) is 53.6 Å². The Morgan fingerprint density at radius 1 is 1.29 bits per heavy atom. The van der Waals surface area contributed by atoms with Crippen molar-refractivity contribution >= 4 is 16.9 Å². The fourth-order valence-electron chi connectivity index (χ4n) is 3.12. The van der Waals surface area contributed by atoms with Crippen LogP contribution in [0.2, 0.25) is 0 Å². The predicted molar refractivity (Wildman–Crippen MR) is 83.8 cm³/mol. The van der Waals surface area contributed by atoms with Crippen molar-refractivity contribution in [2.45, 2.75) is 39.7 Å². The molecule has 2 N–H and O–H groups in total. The third kappa shape index (κ3) is 2.56. The number of hydrogen-bond acceptors (Lipinski definition) is 3. The summed E-state index contributed by atoms with van der Waals surface area (Å²) in [4.78, 5) is 12.5. The Morgan fingerprint density at radius 2 is 2.05 bits per heavy atom. The molecule has 2 heterocycles. The minimum absolute atomic E-state index is 0.101. The van der Waals surface area contributed by atoms with Crippen molar-refractivity contribution in [3.05, 3.63) is 34.6 Å². The van der Waals surface area contributed by atoms with Crippen LogP contribution < -0.4 is 10.6 Å². The van der Waals surface area contributed by atoms with E-state index in [-0.39, 0.29) is 11.9 Å². The normalized spacial score (nSPS) is 18.9. The van der Waals surface area contributed by atoms with E-state index < -0.39 is 0 Å². The Morgan fingerprint density at radius 3 is 2.71 bits per heavy atom. The fourth-order valence-corrected chi connectivity index (χ4v) is 3.12. The Kier molecular flexibility index (Phi) is 3.72. The molecule has 0 aliphatic carbocycles. The number of carbonyl (C=O) groups is 1. The number of hydrogen-bond donors (Lipinski definition) is 2.